The highest BCUT2D eigenvalue weighted by Gasteiger charge is 2.25. The first-order chi connectivity index (χ1) is 12.0. The molecular weight excluding hydrogens is 561 g/mol. The van der Waals surface area contributed by atoms with Crippen molar-refractivity contribution in [3.05, 3.63) is 0 Å². The van der Waals surface area contributed by atoms with Gasteiger partial charge >= 0.3 is 0 Å². The number of hydrogen-bond donors (Lipinski definition) is 5. The minimum absolute atomic E-state index is 1.48. The van der Waals surface area contributed by atoms with Gasteiger partial charge in [0.05, 0.1) is 12.1 Å². The number of nitrogens with zero attached hydrogens (tertiary/aromatic N) is 6. The van der Waals surface area contributed by atoms with Gasteiger partial charge in [0.1, 0.15) is 0 Å². The van der Waals surface area contributed by atoms with E-state index < -0.39 is 0 Å². The fraction of sp³-hybridized carbons (Fsp3) is 1.00. The number of nitrogens with one attached hydrogen (secondary N) is 4. The van der Waals surface area contributed by atoms with Crippen molar-refractivity contribution in [1.29, 1.82) is 0 Å². The van der Waals surface area contributed by atoms with Crippen LogP contribution in [0.15, 0.2) is 0 Å². The minimum atomic E-state index is 1.48. The zero-order valence-corrected chi connectivity index (χ0v) is 22.5. The number of hydrogen-bond acceptors (Lipinski definition) is 22. The lowest BCUT2D eigenvalue weighted by Crippen LogP contribution is -2.23. The third kappa shape index (κ3) is 11.7. The molecule has 4 N–H and O–H groups in total. The topological polar surface area (TPSA) is 67.6 Å². The molecule has 2 fully saturated rings. The second kappa shape index (κ2) is 14.7. The molecule has 0 unspecified atom stereocenters. The number of rotatable bonds is 8. The lowest BCUT2D eigenvalue weighted by atomic mass is 11.6. The van der Waals surface area contributed by atoms with Crippen molar-refractivity contribution in [2.45, 2.75) is 0 Å². The summed E-state index contributed by atoms with van der Waals surface area (Å²) in [5.41, 5.74) is 0. The molecule has 0 saturated carbocycles. The average molecular weight is 575 g/mol. The van der Waals surface area contributed by atoms with Gasteiger partial charge < -0.3 is 0 Å². The monoisotopic (exact) mass is 574 g/mol. The molecule has 0 radical (unpaired) electrons. The first kappa shape index (κ1) is 25.1. The van der Waals surface area contributed by atoms with E-state index in [4.69, 9.17) is 0 Å². The molecule has 22 heteroatoms. The van der Waals surface area contributed by atoms with Crippen molar-refractivity contribution in [1.82, 2.24) is 37.0 Å². The highest BCUT2D eigenvalue weighted by molar-refractivity contribution is 8.39. The fourth-order valence-electron chi connectivity index (χ4n) is 0.859. The van der Waals surface area contributed by atoms with Crippen LogP contribution in [-0.2, 0) is 0 Å². The van der Waals surface area contributed by atoms with Crippen LogP contribution in [0.2, 0.25) is 0 Å². The summed E-state index contributed by atoms with van der Waals surface area (Å²) in [5, 5.41) is 0. The standard InChI is InChI=1S/C3H14N10S12/c1-8(14)23-10(3)24-13-22-7-21-12(25-13)20-6-19-11-17-4-15-9(2)16-5-18-11/h4-7,14H,1-3H3. The van der Waals surface area contributed by atoms with E-state index in [9.17, 15) is 0 Å². The first-order valence-corrected chi connectivity index (χ1v) is 14.5. The average Bonchev–Trinajstić information content (AvgIpc) is 2.51. The van der Waals surface area contributed by atoms with Crippen LogP contribution in [0.3, 0.4) is 0 Å². The lowest BCUT2D eigenvalue weighted by molar-refractivity contribution is 0.846. The molecule has 2 heterocycles. The molecule has 0 bridgehead atoms. The van der Waals surface area contributed by atoms with Crippen LogP contribution in [-0.4, -0.2) is 41.6 Å². The summed E-state index contributed by atoms with van der Waals surface area (Å²) in [6.07, 6.45) is 0. The zero-order valence-electron chi connectivity index (χ0n) is 12.6. The smallest absolute Gasteiger partial charge is 0.0585 e. The van der Waals surface area contributed by atoms with E-state index >= 15 is 0 Å². The maximum Gasteiger partial charge on any atom is 0.0585 e. The van der Waals surface area contributed by atoms with E-state index in [2.05, 4.69) is 29.3 Å². The molecule has 0 spiro atoms. The SMILES string of the molecule is CN(S)SN(C)SN1SNSN(SNSN2SNSN(C)SNS2)S1. The van der Waals surface area contributed by atoms with E-state index in [1.165, 1.54) is 109 Å². The maximum atomic E-state index is 4.23. The Labute approximate surface area is 202 Å². The van der Waals surface area contributed by atoms with Gasteiger partial charge in [0.2, 0.25) is 0 Å². The van der Waals surface area contributed by atoms with Gasteiger partial charge in [0, 0.05) is 142 Å². The van der Waals surface area contributed by atoms with E-state index in [1.807, 2.05) is 37.9 Å². The van der Waals surface area contributed by atoms with Crippen LogP contribution in [0.25, 0.3) is 0 Å². The molecule has 0 aliphatic carbocycles. The van der Waals surface area contributed by atoms with Gasteiger partial charge in [-0.15, -0.1) is 0 Å². The van der Waals surface area contributed by atoms with Gasteiger partial charge in [-0.1, -0.05) is 22.2 Å². The Kier molecular flexibility index (Phi) is 14.8. The summed E-state index contributed by atoms with van der Waals surface area (Å²) in [6.45, 7) is 0. The Morgan fingerprint density at radius 3 is 2.12 bits per heavy atom. The summed E-state index contributed by atoms with van der Waals surface area (Å²) in [4.78, 5) is 0. The molecule has 2 aliphatic heterocycles. The third-order valence-electron chi connectivity index (χ3n) is 1.55. The van der Waals surface area contributed by atoms with Crippen molar-refractivity contribution >= 4 is 146 Å². The lowest BCUT2D eigenvalue weighted by Gasteiger charge is -2.31. The largest absolute Gasteiger partial charge is 0.186 e. The van der Waals surface area contributed by atoms with Crippen LogP contribution in [0, 0.1) is 0 Å². The molecular formula is C3H14N10S12. The normalized spacial score (nSPS) is 23.3. The molecule has 2 saturated heterocycles. The summed E-state index contributed by atoms with van der Waals surface area (Å²) >= 11 is 20.9. The van der Waals surface area contributed by atoms with Gasteiger partial charge in [0.25, 0.3) is 0 Å². The minimum Gasteiger partial charge on any atom is -0.186 e. The molecule has 0 amide bonds. The third-order valence-corrected chi connectivity index (χ3v) is 11.4. The van der Waals surface area contributed by atoms with Gasteiger partial charge in [-0.2, -0.15) is 27.6 Å². The highest BCUT2D eigenvalue weighted by Crippen LogP contribution is 2.46. The Morgan fingerprint density at radius 1 is 0.880 bits per heavy atom. The van der Waals surface area contributed by atoms with Gasteiger partial charge in [-0.25, -0.2) is 0 Å². The summed E-state index contributed by atoms with van der Waals surface area (Å²) < 4.78 is 24.6. The highest BCUT2D eigenvalue weighted by atomic mass is 32.4. The quantitative estimate of drug-likeness (QED) is 0.213. The van der Waals surface area contributed by atoms with Crippen LogP contribution in [0.5, 0.6) is 0 Å². The molecule has 10 nitrogen and oxygen atoms in total. The Bertz CT molecular complexity index is 356. The molecule has 0 aromatic rings. The molecule has 2 rings (SSSR count). The fourth-order valence-corrected chi connectivity index (χ4v) is 12.8. The zero-order chi connectivity index (χ0) is 18.1. The predicted molar refractivity (Wildman–Crippen MR) is 134 cm³/mol. The molecule has 0 atom stereocenters. The Morgan fingerprint density at radius 2 is 1.44 bits per heavy atom. The summed E-state index contributed by atoms with van der Waals surface area (Å²) in [6, 6.07) is 0. The number of thiol groups is 1. The van der Waals surface area contributed by atoms with E-state index in [0.29, 0.717) is 0 Å². The van der Waals surface area contributed by atoms with Crippen LogP contribution >= 0.6 is 146 Å². The molecule has 148 valence electrons. The maximum absolute atomic E-state index is 4.23. The second-order valence-corrected chi connectivity index (χ2v) is 17.4. The van der Waals surface area contributed by atoms with Crippen molar-refractivity contribution in [2.24, 2.45) is 0 Å². The molecule has 25 heavy (non-hydrogen) atoms. The van der Waals surface area contributed by atoms with E-state index in [0.717, 1.165) is 0 Å². The predicted octanol–water partition coefficient (Wildman–Crippen LogP) is 4.11. The molecule has 0 aromatic heterocycles. The summed E-state index contributed by atoms with van der Waals surface area (Å²) in [7, 11) is 5.86. The molecule has 2 aliphatic rings. The van der Waals surface area contributed by atoms with E-state index in [1.54, 1.807) is 28.0 Å². The van der Waals surface area contributed by atoms with Crippen molar-refractivity contribution in [3.63, 3.8) is 0 Å². The van der Waals surface area contributed by atoms with Crippen molar-refractivity contribution in [2.75, 3.05) is 21.1 Å². The Balaban J connectivity index is 1.61. The Hall–Kier alpha value is 3.80. The van der Waals surface area contributed by atoms with Gasteiger partial charge in [0.15, 0.2) is 0 Å². The van der Waals surface area contributed by atoms with Crippen LogP contribution in [0.4, 0.5) is 0 Å². The van der Waals surface area contributed by atoms with Gasteiger partial charge in [-0.05, 0) is 0 Å². The van der Waals surface area contributed by atoms with Crippen molar-refractivity contribution in [3.8, 4) is 0 Å². The first-order valence-electron chi connectivity index (χ1n) is 5.73. The molecule has 0 aromatic carbocycles. The van der Waals surface area contributed by atoms with Crippen LogP contribution < -0.4 is 16.5 Å². The van der Waals surface area contributed by atoms with Crippen molar-refractivity contribution < 1.29 is 0 Å². The summed E-state index contributed by atoms with van der Waals surface area (Å²) in [5.74, 6) is 0. The van der Waals surface area contributed by atoms with E-state index in [-0.39, 0.29) is 0 Å². The van der Waals surface area contributed by atoms with Gasteiger partial charge in [-0.3, -0.25) is 0 Å². The van der Waals surface area contributed by atoms with Crippen LogP contribution in [0.1, 0.15) is 0 Å². The second-order valence-electron chi connectivity index (χ2n) is 3.32.